The van der Waals surface area contributed by atoms with Crippen LogP contribution in [0.3, 0.4) is 0 Å². The molecular weight excluding hydrogens is 188 g/mol. The first kappa shape index (κ1) is 9.86. The summed E-state index contributed by atoms with van der Waals surface area (Å²) in [5.41, 5.74) is 0. The Balaban J connectivity index is 3.03. The van der Waals surface area contributed by atoms with Crippen LogP contribution in [0.4, 0.5) is 0 Å². The molecule has 0 saturated carbocycles. The van der Waals surface area contributed by atoms with Crippen LogP contribution < -0.4 is 9.67 Å². The Morgan fingerprint density at radius 3 is 2.23 bits per heavy atom. The van der Waals surface area contributed by atoms with E-state index in [0.717, 1.165) is 0 Å². The van der Waals surface area contributed by atoms with Crippen molar-refractivity contribution < 1.29 is 9.67 Å². The second kappa shape index (κ2) is 4.14. The van der Waals surface area contributed by atoms with Gasteiger partial charge in [-0.15, -0.1) is 0 Å². The van der Waals surface area contributed by atoms with E-state index in [1.54, 1.807) is 31.1 Å². The molecule has 0 N–H and O–H groups in total. The van der Waals surface area contributed by atoms with Crippen LogP contribution in [0.5, 0.6) is 0 Å². The van der Waals surface area contributed by atoms with Gasteiger partial charge >= 0.3 is 0 Å². The Hall–Kier alpha value is -1.22. The van der Waals surface area contributed by atoms with Gasteiger partial charge in [0, 0.05) is 32.1 Å². The van der Waals surface area contributed by atoms with Gasteiger partial charge in [-0.1, -0.05) is 6.07 Å². The Morgan fingerprint density at radius 2 is 1.77 bits per heavy atom. The van der Waals surface area contributed by atoms with Crippen molar-refractivity contribution in [3.05, 3.63) is 36.5 Å². The SMILES string of the molecule is CN(C)/C([O-])=C(\Cl)[n+]1ccccc1. The highest BCUT2D eigenvalue weighted by molar-refractivity contribution is 6.42. The van der Waals surface area contributed by atoms with Crippen molar-refractivity contribution in [1.29, 1.82) is 0 Å². The molecule has 1 rings (SSSR count). The van der Waals surface area contributed by atoms with Crippen molar-refractivity contribution >= 4 is 16.8 Å². The van der Waals surface area contributed by atoms with Crippen LogP contribution in [0.25, 0.3) is 5.16 Å². The number of aromatic nitrogens is 1. The third-order valence-corrected chi connectivity index (χ3v) is 1.88. The molecule has 0 bridgehead atoms. The molecule has 0 aromatic carbocycles. The smallest absolute Gasteiger partial charge is 0.288 e. The van der Waals surface area contributed by atoms with Crippen molar-refractivity contribution in [3.63, 3.8) is 0 Å². The summed E-state index contributed by atoms with van der Waals surface area (Å²) in [6, 6.07) is 5.48. The number of pyridine rings is 1. The summed E-state index contributed by atoms with van der Waals surface area (Å²) in [6.45, 7) is 0. The summed E-state index contributed by atoms with van der Waals surface area (Å²) in [7, 11) is 3.32. The predicted octanol–water partition coefficient (Wildman–Crippen LogP) is 0.218. The molecule has 0 spiro atoms. The quantitative estimate of drug-likeness (QED) is 0.503. The highest BCUT2D eigenvalue weighted by atomic mass is 35.5. The van der Waals surface area contributed by atoms with Gasteiger partial charge in [-0.05, 0) is 11.6 Å². The normalized spacial score (nSPS) is 12.2. The van der Waals surface area contributed by atoms with E-state index in [2.05, 4.69) is 0 Å². The summed E-state index contributed by atoms with van der Waals surface area (Å²) in [6.07, 6.45) is 3.45. The summed E-state index contributed by atoms with van der Waals surface area (Å²) in [4.78, 5) is 1.43. The lowest BCUT2D eigenvalue weighted by Crippen LogP contribution is -2.35. The second-order valence-corrected chi connectivity index (χ2v) is 3.13. The maximum absolute atomic E-state index is 11.4. The monoisotopic (exact) mass is 198 g/mol. The lowest BCUT2D eigenvalue weighted by molar-refractivity contribution is -0.580. The van der Waals surface area contributed by atoms with Crippen LogP contribution >= 0.6 is 11.6 Å². The number of hydrogen-bond donors (Lipinski definition) is 0. The van der Waals surface area contributed by atoms with Crippen LogP contribution in [-0.4, -0.2) is 19.0 Å². The molecule has 0 radical (unpaired) electrons. The topological polar surface area (TPSA) is 30.2 Å². The molecule has 0 amide bonds. The predicted molar refractivity (Wildman–Crippen MR) is 49.4 cm³/mol. The molecule has 0 aliphatic carbocycles. The largest absolute Gasteiger partial charge is 0.855 e. The average molecular weight is 199 g/mol. The van der Waals surface area contributed by atoms with Crippen LogP contribution in [-0.2, 0) is 0 Å². The van der Waals surface area contributed by atoms with E-state index >= 15 is 0 Å². The first-order valence-electron chi connectivity index (χ1n) is 3.83. The molecule has 0 atom stereocenters. The number of nitrogens with zero attached hydrogens (tertiary/aromatic N) is 2. The fourth-order valence-corrected chi connectivity index (χ4v) is 1.11. The Labute approximate surface area is 82.5 Å². The third kappa shape index (κ3) is 2.36. The highest BCUT2D eigenvalue weighted by Crippen LogP contribution is 2.04. The molecule has 1 aromatic rings. The van der Waals surface area contributed by atoms with Crippen molar-refractivity contribution in [1.82, 2.24) is 4.90 Å². The van der Waals surface area contributed by atoms with E-state index in [4.69, 9.17) is 11.6 Å². The Morgan fingerprint density at radius 1 is 1.23 bits per heavy atom. The summed E-state index contributed by atoms with van der Waals surface area (Å²) in [5.74, 6) is -0.210. The van der Waals surface area contributed by atoms with Gasteiger partial charge in [-0.2, -0.15) is 4.57 Å². The van der Waals surface area contributed by atoms with Gasteiger partial charge in [0.05, 0.1) is 0 Å². The zero-order valence-corrected chi connectivity index (χ0v) is 8.32. The van der Waals surface area contributed by atoms with E-state index in [1.807, 2.05) is 18.2 Å². The summed E-state index contributed by atoms with van der Waals surface area (Å²) >= 11 is 5.84. The first-order chi connectivity index (χ1) is 6.13. The fraction of sp³-hybridized carbons (Fsp3) is 0.222. The van der Waals surface area contributed by atoms with Crippen LogP contribution in [0.15, 0.2) is 36.5 Å². The standard InChI is InChI=1S/C9H11ClN2O/c1-11(2)9(13)8(10)12-6-4-3-5-7-12/h3-7H,1-2H3/b9-8-. The molecule has 4 heteroatoms. The lowest BCUT2D eigenvalue weighted by Gasteiger charge is -2.19. The van der Waals surface area contributed by atoms with Crippen molar-refractivity contribution in [2.45, 2.75) is 0 Å². The van der Waals surface area contributed by atoms with Gasteiger partial charge in [0.1, 0.15) is 0 Å². The van der Waals surface area contributed by atoms with Gasteiger partial charge in [-0.25, -0.2) is 0 Å². The minimum Gasteiger partial charge on any atom is -0.855 e. The molecule has 1 aromatic heterocycles. The molecule has 0 fully saturated rings. The number of hydrogen-bond acceptors (Lipinski definition) is 2. The minimum atomic E-state index is -0.210. The van der Waals surface area contributed by atoms with Crippen molar-refractivity contribution in [2.24, 2.45) is 0 Å². The second-order valence-electron chi connectivity index (χ2n) is 2.77. The van der Waals surface area contributed by atoms with E-state index < -0.39 is 0 Å². The maximum atomic E-state index is 11.4. The van der Waals surface area contributed by atoms with Crippen LogP contribution in [0, 0.1) is 0 Å². The number of rotatable bonds is 2. The van der Waals surface area contributed by atoms with E-state index in [9.17, 15) is 5.11 Å². The first-order valence-corrected chi connectivity index (χ1v) is 4.21. The maximum Gasteiger partial charge on any atom is 0.288 e. The Bertz CT molecular complexity index is 309. The van der Waals surface area contributed by atoms with Gasteiger partial charge in [0.15, 0.2) is 12.4 Å². The van der Waals surface area contributed by atoms with Gasteiger partial charge in [0.2, 0.25) is 0 Å². The zero-order chi connectivity index (χ0) is 9.84. The molecule has 70 valence electrons. The molecule has 0 aliphatic rings. The lowest BCUT2D eigenvalue weighted by atomic mass is 10.5. The van der Waals surface area contributed by atoms with Gasteiger partial charge in [-0.3, -0.25) is 0 Å². The van der Waals surface area contributed by atoms with E-state index in [1.165, 1.54) is 4.90 Å². The Kier molecular flexibility index (Phi) is 3.14. The van der Waals surface area contributed by atoms with Crippen molar-refractivity contribution in [3.8, 4) is 0 Å². The molecule has 3 nitrogen and oxygen atoms in total. The van der Waals surface area contributed by atoms with Crippen LogP contribution in [0.1, 0.15) is 0 Å². The molecule has 0 aliphatic heterocycles. The fourth-order valence-electron chi connectivity index (χ4n) is 0.825. The highest BCUT2D eigenvalue weighted by Gasteiger charge is 2.07. The molecule has 13 heavy (non-hydrogen) atoms. The summed E-state index contributed by atoms with van der Waals surface area (Å²) < 4.78 is 1.57. The zero-order valence-electron chi connectivity index (χ0n) is 7.57. The number of halogens is 1. The molecule has 1 heterocycles. The third-order valence-electron chi connectivity index (χ3n) is 1.52. The molecule has 0 saturated heterocycles. The van der Waals surface area contributed by atoms with Gasteiger partial charge in [0.25, 0.3) is 5.16 Å². The van der Waals surface area contributed by atoms with Crippen molar-refractivity contribution in [2.75, 3.05) is 14.1 Å². The average Bonchev–Trinajstić information content (AvgIpc) is 2.17. The molecule has 0 unspecified atom stereocenters. The minimum absolute atomic E-state index is 0.172. The van der Waals surface area contributed by atoms with Gasteiger partial charge < -0.3 is 10.0 Å². The summed E-state index contributed by atoms with van der Waals surface area (Å²) in [5, 5.41) is 11.6. The van der Waals surface area contributed by atoms with E-state index in [-0.39, 0.29) is 11.0 Å². The molecular formula is C9H11ClN2O. The van der Waals surface area contributed by atoms with Crippen LogP contribution in [0.2, 0.25) is 0 Å². The van der Waals surface area contributed by atoms with E-state index in [0.29, 0.717) is 0 Å².